The van der Waals surface area contributed by atoms with Crippen molar-refractivity contribution in [3.63, 3.8) is 0 Å². The van der Waals surface area contributed by atoms with Gasteiger partial charge < -0.3 is 4.90 Å². The standard InChI is InChI=1S/C32H37NS/c1-6-12-22(4)33(29-20-18-24-13-8-9-14-26(24)25(29)7-2)23(5)31-21(3)17-19-28-27-15-10-11-16-30(27)34-32(28)31/h6,9-12,14-21,23,27,30-31H,1,7-8,13H2,2-5H3/b22-12+. The van der Waals surface area contributed by atoms with Crippen molar-refractivity contribution in [2.24, 2.45) is 17.8 Å². The molecular weight excluding hydrogens is 430 g/mol. The highest BCUT2D eigenvalue weighted by atomic mass is 32.2. The molecule has 5 unspecified atom stereocenters. The first-order chi connectivity index (χ1) is 16.5. The smallest absolute Gasteiger partial charge is 0.0449 e. The van der Waals surface area contributed by atoms with Gasteiger partial charge in [0.15, 0.2) is 0 Å². The van der Waals surface area contributed by atoms with Gasteiger partial charge >= 0.3 is 0 Å². The first-order valence-corrected chi connectivity index (χ1v) is 13.8. The van der Waals surface area contributed by atoms with Crippen LogP contribution in [0.5, 0.6) is 0 Å². The molecule has 4 aliphatic rings. The molecule has 0 N–H and O–H groups in total. The third-order valence-electron chi connectivity index (χ3n) is 8.01. The second-order valence-electron chi connectivity index (χ2n) is 10.0. The van der Waals surface area contributed by atoms with Crippen molar-refractivity contribution in [2.75, 3.05) is 4.90 Å². The van der Waals surface area contributed by atoms with Gasteiger partial charge in [-0.25, -0.2) is 0 Å². The number of thioether (sulfide) groups is 1. The summed E-state index contributed by atoms with van der Waals surface area (Å²) in [5.74, 6) is 1.47. The van der Waals surface area contributed by atoms with E-state index in [1.165, 1.54) is 28.1 Å². The molecular formula is C32H37NS. The Kier molecular flexibility index (Phi) is 6.62. The Morgan fingerprint density at radius 3 is 2.82 bits per heavy atom. The largest absolute Gasteiger partial charge is 0.342 e. The van der Waals surface area contributed by atoms with Crippen LogP contribution < -0.4 is 4.90 Å². The number of nitrogens with zero attached hydrogens (tertiary/aromatic N) is 1. The monoisotopic (exact) mass is 467 g/mol. The quantitative estimate of drug-likeness (QED) is 0.386. The van der Waals surface area contributed by atoms with Crippen LogP contribution in [0.2, 0.25) is 0 Å². The van der Waals surface area contributed by atoms with Crippen LogP contribution in [0.25, 0.3) is 6.08 Å². The zero-order valence-electron chi connectivity index (χ0n) is 21.0. The van der Waals surface area contributed by atoms with Crippen molar-refractivity contribution < 1.29 is 0 Å². The molecule has 1 nitrogen and oxygen atoms in total. The average molecular weight is 468 g/mol. The Balaban J connectivity index is 1.60. The lowest BCUT2D eigenvalue weighted by Gasteiger charge is -2.42. The van der Waals surface area contributed by atoms with E-state index >= 15 is 0 Å². The van der Waals surface area contributed by atoms with Crippen molar-refractivity contribution >= 4 is 23.5 Å². The summed E-state index contributed by atoms with van der Waals surface area (Å²) >= 11 is 2.10. The van der Waals surface area contributed by atoms with Crippen LogP contribution in [0.3, 0.4) is 0 Å². The Bertz CT molecular complexity index is 1160. The van der Waals surface area contributed by atoms with Crippen molar-refractivity contribution in [3.05, 3.63) is 106 Å². The van der Waals surface area contributed by atoms with Crippen molar-refractivity contribution in [2.45, 2.75) is 58.2 Å². The minimum atomic E-state index is 0.331. The zero-order valence-corrected chi connectivity index (χ0v) is 21.8. The van der Waals surface area contributed by atoms with Gasteiger partial charge in [-0.15, -0.1) is 11.8 Å². The predicted molar refractivity (Wildman–Crippen MR) is 151 cm³/mol. The molecule has 34 heavy (non-hydrogen) atoms. The van der Waals surface area contributed by atoms with Crippen molar-refractivity contribution in [1.82, 2.24) is 0 Å². The summed E-state index contributed by atoms with van der Waals surface area (Å²) in [5.41, 5.74) is 8.59. The molecule has 2 heteroatoms. The van der Waals surface area contributed by atoms with E-state index in [0.29, 0.717) is 29.0 Å². The Hall–Kier alpha value is -2.45. The molecule has 5 rings (SSSR count). The molecule has 176 valence electrons. The third-order valence-corrected chi connectivity index (χ3v) is 9.49. The van der Waals surface area contributed by atoms with E-state index in [2.05, 4.69) is 118 Å². The lowest BCUT2D eigenvalue weighted by molar-refractivity contribution is 0.413. The number of anilines is 1. The van der Waals surface area contributed by atoms with Crippen LogP contribution in [0.1, 0.15) is 50.8 Å². The maximum atomic E-state index is 4.02. The van der Waals surface area contributed by atoms with Crippen LogP contribution >= 0.6 is 11.8 Å². The Labute approximate surface area is 210 Å². The fourth-order valence-corrected chi connectivity index (χ4v) is 8.16. The molecule has 5 atom stereocenters. The Morgan fingerprint density at radius 1 is 1.21 bits per heavy atom. The minimum absolute atomic E-state index is 0.331. The predicted octanol–water partition coefficient (Wildman–Crippen LogP) is 8.43. The van der Waals surface area contributed by atoms with Crippen LogP contribution in [0, 0.1) is 17.8 Å². The van der Waals surface area contributed by atoms with E-state index in [1.807, 2.05) is 6.08 Å². The molecule has 0 spiro atoms. The third kappa shape index (κ3) is 3.90. The van der Waals surface area contributed by atoms with Crippen molar-refractivity contribution in [3.8, 4) is 0 Å². The topological polar surface area (TPSA) is 3.24 Å². The van der Waals surface area contributed by atoms with Crippen LogP contribution in [0.4, 0.5) is 5.69 Å². The molecule has 0 amide bonds. The molecule has 1 heterocycles. The molecule has 0 fully saturated rings. The van der Waals surface area contributed by atoms with Crippen molar-refractivity contribution in [1.29, 1.82) is 0 Å². The molecule has 3 aliphatic carbocycles. The summed E-state index contributed by atoms with van der Waals surface area (Å²) in [6, 6.07) is 5.09. The van der Waals surface area contributed by atoms with E-state index in [1.54, 1.807) is 10.5 Å². The van der Waals surface area contributed by atoms with Crippen LogP contribution in [0.15, 0.2) is 89.6 Å². The maximum Gasteiger partial charge on any atom is 0.0449 e. The molecule has 1 aromatic rings. The molecule has 1 aromatic carbocycles. The first-order valence-electron chi connectivity index (χ1n) is 12.9. The van der Waals surface area contributed by atoms with Gasteiger partial charge in [-0.2, -0.15) is 0 Å². The highest BCUT2D eigenvalue weighted by Crippen LogP contribution is 2.54. The highest BCUT2D eigenvalue weighted by Gasteiger charge is 2.42. The summed E-state index contributed by atoms with van der Waals surface area (Å²) in [7, 11) is 0. The van der Waals surface area contributed by atoms with E-state index < -0.39 is 0 Å². The van der Waals surface area contributed by atoms with Crippen LogP contribution in [-0.4, -0.2) is 11.3 Å². The summed E-state index contributed by atoms with van der Waals surface area (Å²) in [6.45, 7) is 13.4. The van der Waals surface area contributed by atoms with Gasteiger partial charge in [0, 0.05) is 34.5 Å². The lowest BCUT2D eigenvalue weighted by atomic mass is 9.77. The van der Waals surface area contributed by atoms with Gasteiger partial charge in [0.05, 0.1) is 0 Å². The lowest BCUT2D eigenvalue weighted by Crippen LogP contribution is -2.41. The Morgan fingerprint density at radius 2 is 2.03 bits per heavy atom. The van der Waals surface area contributed by atoms with E-state index in [9.17, 15) is 0 Å². The highest BCUT2D eigenvalue weighted by molar-refractivity contribution is 8.04. The zero-order chi connectivity index (χ0) is 23.8. The molecule has 0 radical (unpaired) electrons. The van der Waals surface area contributed by atoms with E-state index in [0.717, 1.165) is 19.3 Å². The van der Waals surface area contributed by atoms with Gasteiger partial charge in [0.25, 0.3) is 0 Å². The summed E-state index contributed by atoms with van der Waals surface area (Å²) in [6.07, 6.45) is 26.2. The number of hydrogen-bond donors (Lipinski definition) is 0. The van der Waals surface area contributed by atoms with Gasteiger partial charge in [0.2, 0.25) is 0 Å². The van der Waals surface area contributed by atoms with Gasteiger partial charge in [-0.1, -0.05) is 81.2 Å². The number of aryl methyl sites for hydroxylation is 1. The van der Waals surface area contributed by atoms with E-state index in [4.69, 9.17) is 0 Å². The summed E-state index contributed by atoms with van der Waals surface area (Å²) < 4.78 is 0. The molecule has 0 saturated carbocycles. The van der Waals surface area contributed by atoms with E-state index in [-0.39, 0.29) is 0 Å². The second-order valence-corrected chi connectivity index (χ2v) is 11.2. The molecule has 0 saturated heterocycles. The van der Waals surface area contributed by atoms with Gasteiger partial charge in [-0.3, -0.25) is 0 Å². The number of rotatable bonds is 6. The SMILES string of the molecule is C=C/C=C(\C)N(c1ccc2c(c1CC)C=CCC2)C(C)C1C2=C(C=CC1C)C1C=CC=CC1S2. The summed E-state index contributed by atoms with van der Waals surface area (Å²) in [5, 5.41) is 0.540. The molecule has 1 aliphatic heterocycles. The molecule has 0 bridgehead atoms. The van der Waals surface area contributed by atoms with Gasteiger partial charge in [-0.05, 0) is 78.3 Å². The number of benzene rings is 1. The van der Waals surface area contributed by atoms with Gasteiger partial charge in [0.1, 0.15) is 0 Å². The summed E-state index contributed by atoms with van der Waals surface area (Å²) in [4.78, 5) is 4.21. The minimum Gasteiger partial charge on any atom is -0.342 e. The number of fused-ring (bicyclic) bond motifs is 3. The first kappa shape index (κ1) is 23.3. The average Bonchev–Trinajstić information content (AvgIpc) is 3.22. The second kappa shape index (κ2) is 9.66. The molecule has 0 aromatic heterocycles. The fourth-order valence-electron chi connectivity index (χ4n) is 6.40. The number of allylic oxidation sites excluding steroid dienone is 10. The fraction of sp³-hybridized carbons (Fsp3) is 0.375. The normalized spacial score (nSPS) is 27.9. The maximum absolute atomic E-state index is 4.02. The van der Waals surface area contributed by atoms with Crippen LogP contribution in [-0.2, 0) is 12.8 Å². The number of hydrogen-bond acceptors (Lipinski definition) is 2.